The highest BCUT2D eigenvalue weighted by atomic mass is 19.2. The molecule has 0 radical (unpaired) electrons. The van der Waals surface area contributed by atoms with Crippen molar-refractivity contribution < 1.29 is 18.3 Å². The molecule has 0 fully saturated rings. The minimum atomic E-state index is -0.850. The van der Waals surface area contributed by atoms with E-state index in [1.807, 2.05) is 19.1 Å². The molecule has 0 aromatic heterocycles. The molecule has 0 amide bonds. The zero-order chi connectivity index (χ0) is 24.2. The number of ether oxygens (including phenoxy) is 2. The van der Waals surface area contributed by atoms with Crippen LogP contribution in [0.3, 0.4) is 0 Å². The van der Waals surface area contributed by atoms with E-state index >= 15 is 0 Å². The fraction of sp³-hybridized carbons (Fsp3) is 0.400. The van der Waals surface area contributed by atoms with E-state index in [1.165, 1.54) is 44.9 Å². The van der Waals surface area contributed by atoms with Crippen molar-refractivity contribution in [2.24, 2.45) is 0 Å². The van der Waals surface area contributed by atoms with Gasteiger partial charge in [0.05, 0.1) is 13.2 Å². The third-order valence-corrected chi connectivity index (χ3v) is 5.99. The topological polar surface area (TPSA) is 18.5 Å². The Morgan fingerprint density at radius 1 is 0.529 bits per heavy atom. The minimum absolute atomic E-state index is 0.231. The van der Waals surface area contributed by atoms with E-state index in [2.05, 4.69) is 6.92 Å². The Morgan fingerprint density at radius 3 is 1.44 bits per heavy atom. The summed E-state index contributed by atoms with van der Waals surface area (Å²) in [7, 11) is 0. The molecule has 2 nitrogen and oxygen atoms in total. The molecule has 0 atom stereocenters. The number of unbranched alkanes of at least 4 members (excludes halogenated alkanes) is 7. The lowest BCUT2D eigenvalue weighted by molar-refractivity contribution is 0.304. The molecule has 0 aliphatic rings. The molecule has 0 N–H and O–H groups in total. The second-order valence-corrected chi connectivity index (χ2v) is 8.59. The van der Waals surface area contributed by atoms with E-state index in [-0.39, 0.29) is 11.1 Å². The molecule has 3 aromatic carbocycles. The minimum Gasteiger partial charge on any atom is -0.494 e. The predicted molar refractivity (Wildman–Crippen MR) is 137 cm³/mol. The molecule has 0 unspecified atom stereocenters. The van der Waals surface area contributed by atoms with Crippen LogP contribution >= 0.6 is 0 Å². The van der Waals surface area contributed by atoms with Crippen molar-refractivity contribution >= 4 is 0 Å². The second-order valence-electron chi connectivity index (χ2n) is 8.59. The number of halogens is 2. The van der Waals surface area contributed by atoms with Gasteiger partial charge in [-0.3, -0.25) is 0 Å². The summed E-state index contributed by atoms with van der Waals surface area (Å²) >= 11 is 0. The number of hydrogen-bond donors (Lipinski definition) is 0. The largest absolute Gasteiger partial charge is 0.494 e. The molecule has 0 spiro atoms. The van der Waals surface area contributed by atoms with Crippen molar-refractivity contribution in [3.8, 4) is 33.8 Å². The van der Waals surface area contributed by atoms with Crippen molar-refractivity contribution in [3.05, 3.63) is 72.3 Å². The summed E-state index contributed by atoms with van der Waals surface area (Å²) in [6, 6.07) is 17.4. The maximum absolute atomic E-state index is 14.9. The first kappa shape index (κ1) is 25.7. The molecule has 0 aliphatic heterocycles. The van der Waals surface area contributed by atoms with E-state index in [0.717, 1.165) is 12.2 Å². The smallest absolute Gasteiger partial charge is 0.167 e. The van der Waals surface area contributed by atoms with E-state index in [9.17, 15) is 8.78 Å². The fourth-order valence-electron chi connectivity index (χ4n) is 4.05. The molecule has 0 saturated carbocycles. The van der Waals surface area contributed by atoms with Gasteiger partial charge >= 0.3 is 0 Å². The van der Waals surface area contributed by atoms with E-state index in [0.29, 0.717) is 30.1 Å². The highest BCUT2D eigenvalue weighted by molar-refractivity contribution is 5.72. The monoisotopic (exact) mass is 466 g/mol. The second kappa shape index (κ2) is 13.7. The van der Waals surface area contributed by atoms with Gasteiger partial charge in [0, 0.05) is 11.1 Å². The quantitative estimate of drug-likeness (QED) is 0.220. The van der Waals surface area contributed by atoms with Crippen LogP contribution in [-0.2, 0) is 0 Å². The van der Waals surface area contributed by atoms with Crippen molar-refractivity contribution in [1.82, 2.24) is 0 Å². The lowest BCUT2D eigenvalue weighted by Crippen LogP contribution is -1.98. The predicted octanol–water partition coefficient (Wildman–Crippen LogP) is 9.22. The Kier molecular flexibility index (Phi) is 10.4. The van der Waals surface area contributed by atoms with Gasteiger partial charge in [0.15, 0.2) is 11.6 Å². The molecule has 0 heterocycles. The van der Waals surface area contributed by atoms with Crippen LogP contribution < -0.4 is 9.47 Å². The fourth-order valence-corrected chi connectivity index (χ4v) is 4.05. The summed E-state index contributed by atoms with van der Waals surface area (Å²) in [5.74, 6) is -0.247. The highest BCUT2D eigenvalue weighted by Crippen LogP contribution is 2.33. The molecule has 182 valence electrons. The SMILES string of the molecule is CCCCCCCCCCOc1ccc(-c2ccc(-c3ccc(OCC)cc3)c(F)c2F)cc1. The zero-order valence-corrected chi connectivity index (χ0v) is 20.4. The van der Waals surface area contributed by atoms with Gasteiger partial charge in [-0.15, -0.1) is 0 Å². The summed E-state index contributed by atoms with van der Waals surface area (Å²) in [5.41, 5.74) is 1.70. The molecule has 3 rings (SSSR count). The summed E-state index contributed by atoms with van der Waals surface area (Å²) in [5, 5.41) is 0. The first-order valence-corrected chi connectivity index (χ1v) is 12.6. The Labute approximate surface area is 202 Å². The zero-order valence-electron chi connectivity index (χ0n) is 20.4. The van der Waals surface area contributed by atoms with Crippen LogP contribution in [-0.4, -0.2) is 13.2 Å². The van der Waals surface area contributed by atoms with Crippen LogP contribution in [0, 0.1) is 11.6 Å². The van der Waals surface area contributed by atoms with Crippen LogP contribution in [0.25, 0.3) is 22.3 Å². The standard InChI is InChI=1S/C30H36F2O2/c1-3-5-6-7-8-9-10-11-22-34-26-18-14-24(15-19-26)28-21-20-27(29(31)30(28)32)23-12-16-25(17-13-23)33-4-2/h12-21H,3-11,22H2,1-2H3. The lowest BCUT2D eigenvalue weighted by Gasteiger charge is -2.11. The molecular formula is C30H36F2O2. The van der Waals surface area contributed by atoms with E-state index in [4.69, 9.17) is 9.47 Å². The number of rotatable bonds is 14. The van der Waals surface area contributed by atoms with Crippen molar-refractivity contribution in [1.29, 1.82) is 0 Å². The Balaban J connectivity index is 1.54. The highest BCUT2D eigenvalue weighted by Gasteiger charge is 2.16. The van der Waals surface area contributed by atoms with Gasteiger partial charge in [-0.25, -0.2) is 8.78 Å². The Bertz CT molecular complexity index is 998. The van der Waals surface area contributed by atoms with Gasteiger partial charge in [-0.2, -0.15) is 0 Å². The van der Waals surface area contributed by atoms with Crippen LogP contribution in [0.2, 0.25) is 0 Å². The first-order chi connectivity index (χ1) is 16.6. The third-order valence-electron chi connectivity index (χ3n) is 5.99. The van der Waals surface area contributed by atoms with Gasteiger partial charge < -0.3 is 9.47 Å². The number of hydrogen-bond acceptors (Lipinski definition) is 2. The van der Waals surface area contributed by atoms with Gasteiger partial charge in [0.1, 0.15) is 11.5 Å². The van der Waals surface area contributed by atoms with E-state index in [1.54, 1.807) is 48.5 Å². The summed E-state index contributed by atoms with van der Waals surface area (Å²) in [6.45, 7) is 5.37. The van der Waals surface area contributed by atoms with E-state index < -0.39 is 11.6 Å². The van der Waals surface area contributed by atoms with Crippen LogP contribution in [0.4, 0.5) is 8.78 Å². The van der Waals surface area contributed by atoms with Gasteiger partial charge in [-0.05, 0) is 48.7 Å². The van der Waals surface area contributed by atoms with Gasteiger partial charge in [-0.1, -0.05) is 88.3 Å². The molecule has 3 aromatic rings. The average molecular weight is 467 g/mol. The van der Waals surface area contributed by atoms with Gasteiger partial charge in [0.2, 0.25) is 0 Å². The maximum Gasteiger partial charge on any atom is 0.167 e. The normalized spacial score (nSPS) is 10.9. The molecule has 0 saturated heterocycles. The van der Waals surface area contributed by atoms with Crippen molar-refractivity contribution in [2.45, 2.75) is 65.2 Å². The molecule has 0 bridgehead atoms. The lowest BCUT2D eigenvalue weighted by atomic mass is 9.98. The molecular weight excluding hydrogens is 430 g/mol. The summed E-state index contributed by atoms with van der Waals surface area (Å²) in [4.78, 5) is 0. The average Bonchev–Trinajstić information content (AvgIpc) is 2.86. The van der Waals surface area contributed by atoms with Crippen LogP contribution in [0.1, 0.15) is 65.2 Å². The van der Waals surface area contributed by atoms with Crippen LogP contribution in [0.15, 0.2) is 60.7 Å². The summed E-state index contributed by atoms with van der Waals surface area (Å²) in [6.07, 6.45) is 10.0. The van der Waals surface area contributed by atoms with Gasteiger partial charge in [0.25, 0.3) is 0 Å². The Morgan fingerprint density at radius 2 is 0.971 bits per heavy atom. The van der Waals surface area contributed by atoms with Crippen LogP contribution in [0.5, 0.6) is 11.5 Å². The number of benzene rings is 3. The molecule has 4 heteroatoms. The third kappa shape index (κ3) is 7.31. The van der Waals surface area contributed by atoms with Crippen molar-refractivity contribution in [2.75, 3.05) is 13.2 Å². The first-order valence-electron chi connectivity index (χ1n) is 12.6. The van der Waals surface area contributed by atoms with Crippen molar-refractivity contribution in [3.63, 3.8) is 0 Å². The molecule has 0 aliphatic carbocycles. The Hall–Kier alpha value is -2.88. The summed E-state index contributed by atoms with van der Waals surface area (Å²) < 4.78 is 41.0. The maximum atomic E-state index is 14.9. The molecule has 34 heavy (non-hydrogen) atoms.